The van der Waals surface area contributed by atoms with Crippen LogP contribution < -0.4 is 10.6 Å². The van der Waals surface area contributed by atoms with Crippen molar-refractivity contribution in [3.8, 4) is 6.19 Å². The van der Waals surface area contributed by atoms with E-state index >= 15 is 0 Å². The van der Waals surface area contributed by atoms with Gasteiger partial charge in [0.1, 0.15) is 0 Å². The third-order valence-corrected chi connectivity index (χ3v) is 4.79. The van der Waals surface area contributed by atoms with Gasteiger partial charge in [0.2, 0.25) is 0 Å². The van der Waals surface area contributed by atoms with Crippen LogP contribution in [-0.4, -0.2) is 16.7 Å². The number of fused-ring (bicyclic) bond motifs is 1. The van der Waals surface area contributed by atoms with Gasteiger partial charge >= 0.3 is 0 Å². The van der Waals surface area contributed by atoms with Crippen molar-refractivity contribution in [2.24, 2.45) is 0 Å². The van der Waals surface area contributed by atoms with Gasteiger partial charge in [0, 0.05) is 28.1 Å². The number of rotatable bonds is 4. The highest BCUT2D eigenvalue weighted by atomic mass is 16.2. The van der Waals surface area contributed by atoms with E-state index in [1.54, 1.807) is 53.4 Å². The van der Waals surface area contributed by atoms with Gasteiger partial charge in [0.05, 0.1) is 13.1 Å². The van der Waals surface area contributed by atoms with Crippen LogP contribution in [0.5, 0.6) is 0 Å². The van der Waals surface area contributed by atoms with Gasteiger partial charge in [-0.1, -0.05) is 36.4 Å². The molecule has 0 aromatic heterocycles. The molecular formula is C23H18N4O2. The van der Waals surface area contributed by atoms with Crippen LogP contribution in [0.3, 0.4) is 0 Å². The minimum Gasteiger partial charge on any atom is -0.322 e. The van der Waals surface area contributed by atoms with Crippen molar-refractivity contribution in [1.29, 1.82) is 5.26 Å². The fourth-order valence-electron chi connectivity index (χ4n) is 3.34. The molecule has 0 saturated carbocycles. The first-order valence-corrected chi connectivity index (χ1v) is 9.17. The highest BCUT2D eigenvalue weighted by Crippen LogP contribution is 2.29. The molecule has 0 aliphatic carbocycles. The lowest BCUT2D eigenvalue weighted by Gasteiger charge is -2.11. The third kappa shape index (κ3) is 3.94. The van der Waals surface area contributed by atoms with Crippen LogP contribution in [0.4, 0.5) is 11.4 Å². The van der Waals surface area contributed by atoms with Gasteiger partial charge in [0.15, 0.2) is 6.19 Å². The van der Waals surface area contributed by atoms with Gasteiger partial charge in [-0.2, -0.15) is 5.26 Å². The molecule has 0 spiro atoms. The Morgan fingerprint density at radius 3 is 2.34 bits per heavy atom. The lowest BCUT2D eigenvalue weighted by molar-refractivity contribution is 0.101. The van der Waals surface area contributed by atoms with Crippen molar-refractivity contribution in [1.82, 2.24) is 4.90 Å². The second-order valence-corrected chi connectivity index (χ2v) is 6.75. The van der Waals surface area contributed by atoms with Crippen LogP contribution in [-0.2, 0) is 13.1 Å². The third-order valence-electron chi connectivity index (χ3n) is 4.79. The van der Waals surface area contributed by atoms with Gasteiger partial charge in [-0.25, -0.2) is 0 Å². The molecule has 142 valence electrons. The van der Waals surface area contributed by atoms with E-state index < -0.39 is 0 Å². The summed E-state index contributed by atoms with van der Waals surface area (Å²) in [6.07, 6.45) is 2.14. The number of anilines is 2. The molecule has 0 radical (unpaired) electrons. The average molecular weight is 382 g/mol. The Kier molecular flexibility index (Phi) is 4.95. The summed E-state index contributed by atoms with van der Waals surface area (Å²) in [5.41, 5.74) is 4.21. The van der Waals surface area contributed by atoms with Gasteiger partial charge in [-0.15, -0.1) is 0 Å². The lowest BCUT2D eigenvalue weighted by atomic mass is 10.1. The molecule has 1 aliphatic rings. The Hall–Kier alpha value is -4.11. The highest BCUT2D eigenvalue weighted by Gasteiger charge is 2.21. The van der Waals surface area contributed by atoms with E-state index in [-0.39, 0.29) is 11.8 Å². The number of nitrogens with one attached hydrogen (secondary N) is 2. The Morgan fingerprint density at radius 1 is 0.828 bits per heavy atom. The molecule has 6 heteroatoms. The summed E-state index contributed by atoms with van der Waals surface area (Å²) < 4.78 is 0. The average Bonchev–Trinajstić information content (AvgIpc) is 3.19. The van der Waals surface area contributed by atoms with Crippen molar-refractivity contribution in [2.75, 3.05) is 10.6 Å². The second kappa shape index (κ2) is 7.87. The molecule has 1 aliphatic heterocycles. The standard InChI is InChI=1S/C23H18N4O2/c24-15-27-13-18-9-5-11-21(20(18)14-27)26-23(29)17-8-4-10-19(12-17)25-22(28)16-6-2-1-3-7-16/h1-12H,13-14H2,(H,25,28)(H,26,29). The van der Waals surface area contributed by atoms with Crippen molar-refractivity contribution >= 4 is 23.2 Å². The molecule has 0 bridgehead atoms. The fourth-order valence-corrected chi connectivity index (χ4v) is 3.34. The number of amides is 2. The van der Waals surface area contributed by atoms with Crippen LogP contribution in [0.15, 0.2) is 72.8 Å². The first-order chi connectivity index (χ1) is 14.1. The second-order valence-electron chi connectivity index (χ2n) is 6.75. The number of carbonyl (C=O) groups excluding carboxylic acids is 2. The van der Waals surface area contributed by atoms with E-state index in [0.717, 1.165) is 11.1 Å². The van der Waals surface area contributed by atoms with Crippen LogP contribution >= 0.6 is 0 Å². The predicted molar refractivity (Wildman–Crippen MR) is 110 cm³/mol. The van der Waals surface area contributed by atoms with E-state index in [4.69, 9.17) is 5.26 Å². The van der Waals surface area contributed by atoms with E-state index in [1.165, 1.54) is 0 Å². The van der Waals surface area contributed by atoms with Gasteiger partial charge in [0.25, 0.3) is 11.8 Å². The Morgan fingerprint density at radius 2 is 1.55 bits per heavy atom. The quantitative estimate of drug-likeness (QED) is 0.668. The largest absolute Gasteiger partial charge is 0.322 e. The smallest absolute Gasteiger partial charge is 0.255 e. The Bertz CT molecular complexity index is 1120. The van der Waals surface area contributed by atoms with E-state index in [9.17, 15) is 9.59 Å². The summed E-state index contributed by atoms with van der Waals surface area (Å²) in [5.74, 6) is -0.509. The topological polar surface area (TPSA) is 85.2 Å². The summed E-state index contributed by atoms with van der Waals surface area (Å²) >= 11 is 0. The molecule has 3 aromatic rings. The number of nitriles is 1. The molecule has 4 rings (SSSR count). The summed E-state index contributed by atoms with van der Waals surface area (Å²) in [5, 5.41) is 14.9. The van der Waals surface area contributed by atoms with Crippen molar-refractivity contribution in [2.45, 2.75) is 13.1 Å². The first-order valence-electron chi connectivity index (χ1n) is 9.17. The summed E-state index contributed by atoms with van der Waals surface area (Å²) in [6, 6.07) is 21.3. The SMILES string of the molecule is N#CN1Cc2cccc(NC(=O)c3cccc(NC(=O)c4ccccc4)c3)c2C1. The zero-order valence-electron chi connectivity index (χ0n) is 15.6. The Labute approximate surface area is 168 Å². The first kappa shape index (κ1) is 18.3. The molecule has 0 fully saturated rings. The van der Waals surface area contributed by atoms with Gasteiger partial charge < -0.3 is 15.5 Å². The lowest BCUT2D eigenvalue weighted by Crippen LogP contribution is -2.15. The molecule has 0 saturated heterocycles. The zero-order valence-corrected chi connectivity index (χ0v) is 15.6. The number of hydrogen-bond acceptors (Lipinski definition) is 4. The van der Waals surface area contributed by atoms with E-state index in [1.807, 2.05) is 24.3 Å². The van der Waals surface area contributed by atoms with Crippen LogP contribution in [0.1, 0.15) is 31.8 Å². The molecule has 2 N–H and O–H groups in total. The molecular weight excluding hydrogens is 364 g/mol. The van der Waals surface area contributed by atoms with E-state index in [2.05, 4.69) is 16.8 Å². The summed E-state index contributed by atoms with van der Waals surface area (Å²) in [7, 11) is 0. The molecule has 3 aromatic carbocycles. The predicted octanol–water partition coefficient (Wildman–Crippen LogP) is 3.99. The zero-order chi connectivity index (χ0) is 20.2. The minimum absolute atomic E-state index is 0.236. The molecule has 6 nitrogen and oxygen atoms in total. The van der Waals surface area contributed by atoms with E-state index in [0.29, 0.717) is 35.6 Å². The van der Waals surface area contributed by atoms with Crippen molar-refractivity contribution in [3.05, 3.63) is 95.1 Å². The molecule has 2 amide bonds. The van der Waals surface area contributed by atoms with Crippen molar-refractivity contribution < 1.29 is 9.59 Å². The van der Waals surface area contributed by atoms with Gasteiger partial charge in [-0.3, -0.25) is 9.59 Å². The van der Waals surface area contributed by atoms with Crippen molar-refractivity contribution in [3.63, 3.8) is 0 Å². The minimum atomic E-state index is -0.274. The normalized spacial score (nSPS) is 12.0. The number of benzene rings is 3. The van der Waals surface area contributed by atoms with Crippen LogP contribution in [0.2, 0.25) is 0 Å². The maximum absolute atomic E-state index is 12.8. The summed E-state index contributed by atoms with van der Waals surface area (Å²) in [6.45, 7) is 1.03. The fraction of sp³-hybridized carbons (Fsp3) is 0.0870. The number of hydrogen-bond donors (Lipinski definition) is 2. The van der Waals surface area contributed by atoms with Crippen LogP contribution in [0.25, 0.3) is 0 Å². The van der Waals surface area contributed by atoms with Gasteiger partial charge in [-0.05, 0) is 42.0 Å². The number of nitrogens with zero attached hydrogens (tertiary/aromatic N) is 2. The monoisotopic (exact) mass is 382 g/mol. The highest BCUT2D eigenvalue weighted by molar-refractivity contribution is 6.07. The Balaban J connectivity index is 1.50. The molecule has 0 unspecified atom stereocenters. The number of carbonyl (C=O) groups is 2. The maximum atomic E-state index is 12.8. The molecule has 29 heavy (non-hydrogen) atoms. The summed E-state index contributed by atoms with van der Waals surface area (Å²) in [4.78, 5) is 26.7. The maximum Gasteiger partial charge on any atom is 0.255 e. The molecule has 0 atom stereocenters. The van der Waals surface area contributed by atoms with Crippen LogP contribution in [0, 0.1) is 11.5 Å². The molecule has 1 heterocycles.